The first-order valence-electron chi connectivity index (χ1n) is 7.78. The van der Waals surface area contributed by atoms with E-state index in [0.29, 0.717) is 12.2 Å². The smallest absolute Gasteiger partial charge is 0.265 e. The molecule has 3 rings (SSSR count). The third-order valence-corrected chi connectivity index (χ3v) is 3.73. The summed E-state index contributed by atoms with van der Waals surface area (Å²) < 4.78 is 5.80. The summed E-state index contributed by atoms with van der Waals surface area (Å²) in [6.45, 7) is 1.94. The number of hydrogen-bond acceptors (Lipinski definition) is 2. The summed E-state index contributed by atoms with van der Waals surface area (Å²) in [4.78, 5) is 12.6. The van der Waals surface area contributed by atoms with E-state index in [-0.39, 0.29) is 5.91 Å². The molecule has 3 aromatic rings. The molecule has 0 aromatic heterocycles. The monoisotopic (exact) mass is 305 g/mol. The Hall–Kier alpha value is -2.81. The van der Waals surface area contributed by atoms with Crippen molar-refractivity contribution in [2.24, 2.45) is 0 Å². The average Bonchev–Trinajstić information content (AvgIpc) is 2.61. The van der Waals surface area contributed by atoms with Crippen molar-refractivity contribution in [3.8, 4) is 5.75 Å². The quantitative estimate of drug-likeness (QED) is 0.746. The summed E-state index contributed by atoms with van der Waals surface area (Å²) in [6, 6.07) is 23.3. The van der Waals surface area contributed by atoms with Crippen molar-refractivity contribution in [3.05, 3.63) is 72.8 Å². The SMILES string of the molecule is CCC(Oc1ccccc1)C(=O)Nc1cccc2ccccc12. The summed E-state index contributed by atoms with van der Waals surface area (Å²) in [5, 5.41) is 5.12. The third-order valence-electron chi connectivity index (χ3n) is 3.73. The largest absolute Gasteiger partial charge is 0.481 e. The maximum atomic E-state index is 12.6. The highest BCUT2D eigenvalue weighted by Gasteiger charge is 2.19. The molecule has 0 radical (unpaired) electrons. The lowest BCUT2D eigenvalue weighted by Gasteiger charge is -2.18. The Labute approximate surface area is 135 Å². The van der Waals surface area contributed by atoms with Crippen molar-refractivity contribution >= 4 is 22.4 Å². The zero-order valence-corrected chi connectivity index (χ0v) is 13.0. The van der Waals surface area contributed by atoms with Crippen molar-refractivity contribution < 1.29 is 9.53 Å². The van der Waals surface area contributed by atoms with Gasteiger partial charge in [0.2, 0.25) is 0 Å². The number of carbonyl (C=O) groups is 1. The zero-order valence-electron chi connectivity index (χ0n) is 13.0. The molecule has 23 heavy (non-hydrogen) atoms. The first-order valence-corrected chi connectivity index (χ1v) is 7.78. The van der Waals surface area contributed by atoms with Crippen molar-refractivity contribution in [1.82, 2.24) is 0 Å². The molecular formula is C20H19NO2. The van der Waals surface area contributed by atoms with Gasteiger partial charge < -0.3 is 10.1 Å². The zero-order chi connectivity index (χ0) is 16.1. The van der Waals surface area contributed by atoms with Crippen LogP contribution in [0.2, 0.25) is 0 Å². The molecule has 1 atom stereocenters. The standard InChI is InChI=1S/C20H19NO2/c1-2-19(23-16-11-4-3-5-12-16)20(22)21-18-14-8-10-15-9-6-7-13-17(15)18/h3-14,19H,2H2,1H3,(H,21,22). The predicted octanol–water partition coefficient (Wildman–Crippen LogP) is 4.64. The van der Waals surface area contributed by atoms with E-state index in [2.05, 4.69) is 5.32 Å². The van der Waals surface area contributed by atoms with Gasteiger partial charge in [-0.05, 0) is 30.0 Å². The maximum absolute atomic E-state index is 12.6. The fourth-order valence-corrected chi connectivity index (χ4v) is 2.53. The van der Waals surface area contributed by atoms with Crippen LogP contribution in [0.25, 0.3) is 10.8 Å². The van der Waals surface area contributed by atoms with Crippen LogP contribution in [-0.2, 0) is 4.79 Å². The highest BCUT2D eigenvalue weighted by molar-refractivity contribution is 6.03. The summed E-state index contributed by atoms with van der Waals surface area (Å²) in [5.74, 6) is 0.570. The first kappa shape index (κ1) is 15.1. The van der Waals surface area contributed by atoms with Gasteiger partial charge >= 0.3 is 0 Å². The molecular weight excluding hydrogens is 286 g/mol. The van der Waals surface area contributed by atoms with E-state index in [4.69, 9.17) is 4.74 Å². The number of para-hydroxylation sites is 1. The molecule has 3 heteroatoms. The Morgan fingerprint density at radius 2 is 1.65 bits per heavy atom. The molecule has 1 N–H and O–H groups in total. The molecule has 3 aromatic carbocycles. The van der Waals surface area contributed by atoms with E-state index in [9.17, 15) is 4.79 Å². The number of nitrogens with one attached hydrogen (secondary N) is 1. The Bertz CT molecular complexity index is 794. The molecule has 0 spiro atoms. The van der Waals surface area contributed by atoms with Crippen molar-refractivity contribution in [2.75, 3.05) is 5.32 Å². The molecule has 116 valence electrons. The Kier molecular flexibility index (Phi) is 4.57. The van der Waals surface area contributed by atoms with Crippen LogP contribution < -0.4 is 10.1 Å². The van der Waals surface area contributed by atoms with Crippen molar-refractivity contribution in [1.29, 1.82) is 0 Å². The first-order chi connectivity index (χ1) is 11.3. The van der Waals surface area contributed by atoms with Crippen LogP contribution in [-0.4, -0.2) is 12.0 Å². The number of fused-ring (bicyclic) bond motifs is 1. The number of benzene rings is 3. The van der Waals surface area contributed by atoms with Crippen molar-refractivity contribution in [2.45, 2.75) is 19.4 Å². The lowest BCUT2D eigenvalue weighted by atomic mass is 10.1. The third kappa shape index (κ3) is 3.51. The van der Waals surface area contributed by atoms with Crippen LogP contribution in [0.4, 0.5) is 5.69 Å². The van der Waals surface area contributed by atoms with Gasteiger partial charge in [-0.25, -0.2) is 0 Å². The van der Waals surface area contributed by atoms with Crippen LogP contribution in [0.3, 0.4) is 0 Å². The minimum atomic E-state index is -0.517. The summed E-state index contributed by atoms with van der Waals surface area (Å²) >= 11 is 0. The lowest BCUT2D eigenvalue weighted by Crippen LogP contribution is -2.32. The topological polar surface area (TPSA) is 38.3 Å². The number of hydrogen-bond donors (Lipinski definition) is 1. The van der Waals surface area contributed by atoms with E-state index in [1.165, 1.54) is 0 Å². The Balaban J connectivity index is 1.79. The second kappa shape index (κ2) is 6.97. The number of carbonyl (C=O) groups excluding carboxylic acids is 1. The van der Waals surface area contributed by atoms with Gasteiger partial charge in [-0.3, -0.25) is 4.79 Å². The van der Waals surface area contributed by atoms with Gasteiger partial charge in [-0.15, -0.1) is 0 Å². The van der Waals surface area contributed by atoms with Crippen molar-refractivity contribution in [3.63, 3.8) is 0 Å². The molecule has 1 unspecified atom stereocenters. The highest BCUT2D eigenvalue weighted by Crippen LogP contribution is 2.23. The molecule has 0 saturated heterocycles. The highest BCUT2D eigenvalue weighted by atomic mass is 16.5. The molecule has 0 heterocycles. The molecule has 0 saturated carbocycles. The fourth-order valence-electron chi connectivity index (χ4n) is 2.53. The summed E-state index contributed by atoms with van der Waals surface area (Å²) in [5.41, 5.74) is 0.809. The lowest BCUT2D eigenvalue weighted by molar-refractivity contribution is -0.122. The van der Waals surface area contributed by atoms with E-state index in [1.54, 1.807) is 0 Å². The predicted molar refractivity (Wildman–Crippen MR) is 93.7 cm³/mol. The molecule has 0 aliphatic carbocycles. The van der Waals surface area contributed by atoms with E-state index in [0.717, 1.165) is 16.5 Å². The van der Waals surface area contributed by atoms with Crippen LogP contribution in [0.1, 0.15) is 13.3 Å². The molecule has 1 amide bonds. The molecule has 0 fully saturated rings. The normalized spacial score (nSPS) is 11.9. The van der Waals surface area contributed by atoms with E-state index in [1.807, 2.05) is 79.7 Å². The average molecular weight is 305 g/mol. The molecule has 0 aliphatic heterocycles. The maximum Gasteiger partial charge on any atom is 0.265 e. The van der Waals surface area contributed by atoms with Gasteiger partial charge in [-0.1, -0.05) is 61.5 Å². The van der Waals surface area contributed by atoms with Crippen LogP contribution >= 0.6 is 0 Å². The van der Waals surface area contributed by atoms with Gasteiger partial charge in [0.15, 0.2) is 6.10 Å². The molecule has 0 aliphatic rings. The second-order valence-corrected chi connectivity index (χ2v) is 5.34. The Morgan fingerprint density at radius 1 is 0.957 bits per heavy atom. The number of anilines is 1. The Morgan fingerprint density at radius 3 is 2.43 bits per heavy atom. The second-order valence-electron chi connectivity index (χ2n) is 5.34. The molecule has 0 bridgehead atoms. The number of amides is 1. The van der Waals surface area contributed by atoms with Gasteiger partial charge in [0.25, 0.3) is 5.91 Å². The minimum absolute atomic E-state index is 0.132. The van der Waals surface area contributed by atoms with Crippen LogP contribution in [0.5, 0.6) is 5.75 Å². The summed E-state index contributed by atoms with van der Waals surface area (Å²) in [7, 11) is 0. The van der Waals surface area contributed by atoms with E-state index >= 15 is 0 Å². The minimum Gasteiger partial charge on any atom is -0.481 e. The van der Waals surface area contributed by atoms with Gasteiger partial charge in [0, 0.05) is 11.1 Å². The van der Waals surface area contributed by atoms with E-state index < -0.39 is 6.10 Å². The van der Waals surface area contributed by atoms with Gasteiger partial charge in [0.05, 0.1) is 0 Å². The number of ether oxygens (including phenoxy) is 1. The van der Waals surface area contributed by atoms with Crippen LogP contribution in [0.15, 0.2) is 72.8 Å². The van der Waals surface area contributed by atoms with Gasteiger partial charge in [-0.2, -0.15) is 0 Å². The molecule has 3 nitrogen and oxygen atoms in total. The number of rotatable bonds is 5. The van der Waals surface area contributed by atoms with Crippen LogP contribution in [0, 0.1) is 0 Å². The summed E-state index contributed by atoms with van der Waals surface area (Å²) in [6.07, 6.45) is 0.0854. The fraction of sp³-hybridized carbons (Fsp3) is 0.150. The van der Waals surface area contributed by atoms with Gasteiger partial charge in [0.1, 0.15) is 5.75 Å².